The zero-order valence-electron chi connectivity index (χ0n) is 10.3. The van der Waals surface area contributed by atoms with Crippen molar-refractivity contribution in [1.82, 2.24) is 4.90 Å². The molecule has 2 aliphatic rings. The molecular weight excluding hydrogens is 218 g/mol. The first-order chi connectivity index (χ1) is 8.13. The van der Waals surface area contributed by atoms with E-state index in [1.165, 1.54) is 0 Å². The fourth-order valence-corrected chi connectivity index (χ4v) is 2.93. The zero-order valence-corrected chi connectivity index (χ0v) is 10.3. The molecule has 2 rings (SSSR count). The highest BCUT2D eigenvalue weighted by atomic mass is 16.4. The van der Waals surface area contributed by atoms with Gasteiger partial charge in [0.25, 0.3) is 0 Å². The summed E-state index contributed by atoms with van der Waals surface area (Å²) < 4.78 is 0. The van der Waals surface area contributed by atoms with Crippen molar-refractivity contribution in [3.05, 3.63) is 0 Å². The molecule has 0 aromatic heterocycles. The van der Waals surface area contributed by atoms with Crippen LogP contribution in [0.1, 0.15) is 45.4 Å². The van der Waals surface area contributed by atoms with Crippen molar-refractivity contribution in [2.45, 2.75) is 57.5 Å². The third-order valence-electron chi connectivity index (χ3n) is 4.17. The summed E-state index contributed by atoms with van der Waals surface area (Å²) in [6.07, 6.45) is 6.73. The molecule has 0 saturated heterocycles. The third kappa shape index (κ3) is 2.79. The number of rotatable bonds is 5. The summed E-state index contributed by atoms with van der Waals surface area (Å²) in [7, 11) is 0. The van der Waals surface area contributed by atoms with Gasteiger partial charge in [-0.1, -0.05) is 19.8 Å². The Labute approximate surface area is 102 Å². The lowest BCUT2D eigenvalue weighted by Crippen LogP contribution is -2.47. The third-order valence-corrected chi connectivity index (χ3v) is 4.17. The molecule has 0 aliphatic heterocycles. The first-order valence-corrected chi connectivity index (χ1v) is 6.59. The Hall–Kier alpha value is -1.06. The maximum absolute atomic E-state index is 11.4. The highest BCUT2D eigenvalue weighted by molar-refractivity contribution is 5.77. The first-order valence-electron chi connectivity index (χ1n) is 6.59. The van der Waals surface area contributed by atoms with E-state index in [0.29, 0.717) is 5.92 Å². The van der Waals surface area contributed by atoms with Crippen molar-refractivity contribution in [3.63, 3.8) is 0 Å². The Morgan fingerprint density at radius 2 is 1.82 bits per heavy atom. The molecule has 2 fully saturated rings. The van der Waals surface area contributed by atoms with Crippen molar-refractivity contribution in [2.75, 3.05) is 0 Å². The van der Waals surface area contributed by atoms with Crippen LogP contribution in [0.4, 0.5) is 0 Å². The molecule has 96 valence electrons. The molecule has 17 heavy (non-hydrogen) atoms. The van der Waals surface area contributed by atoms with Crippen LogP contribution in [-0.4, -0.2) is 34.5 Å². The van der Waals surface area contributed by atoms with E-state index in [9.17, 15) is 14.7 Å². The minimum atomic E-state index is -0.830. The van der Waals surface area contributed by atoms with Gasteiger partial charge < -0.3 is 10.0 Å². The van der Waals surface area contributed by atoms with Crippen LogP contribution in [0.3, 0.4) is 0 Å². The number of hydrogen-bond donors (Lipinski definition) is 1. The molecule has 1 unspecified atom stereocenters. The number of carboxylic acids is 1. The smallest absolute Gasteiger partial charge is 0.326 e. The normalized spacial score (nSPS) is 30.6. The van der Waals surface area contributed by atoms with E-state index in [-0.39, 0.29) is 12.0 Å². The second kappa shape index (κ2) is 5.07. The van der Waals surface area contributed by atoms with E-state index in [0.717, 1.165) is 44.9 Å². The van der Waals surface area contributed by atoms with Crippen LogP contribution in [0, 0.1) is 11.8 Å². The average Bonchev–Trinajstić information content (AvgIpc) is 3.11. The molecule has 1 atom stereocenters. The van der Waals surface area contributed by atoms with Gasteiger partial charge in [0.15, 0.2) is 0 Å². The Morgan fingerprint density at radius 3 is 2.24 bits per heavy atom. The molecule has 1 N–H and O–H groups in total. The minimum Gasteiger partial charge on any atom is -0.480 e. The van der Waals surface area contributed by atoms with Gasteiger partial charge in [-0.05, 0) is 37.5 Å². The standard InChI is InChI=1S/C13H21NO3/c1-9-2-4-10(5-3-9)12(13(16)17)14(8-15)11-6-7-11/h8-12H,2-7H2,1H3,(H,16,17). The summed E-state index contributed by atoms with van der Waals surface area (Å²) in [5, 5.41) is 9.37. The molecule has 2 saturated carbocycles. The maximum Gasteiger partial charge on any atom is 0.326 e. The van der Waals surface area contributed by atoms with Gasteiger partial charge in [-0.25, -0.2) is 4.79 Å². The van der Waals surface area contributed by atoms with Crippen molar-refractivity contribution < 1.29 is 14.7 Å². The van der Waals surface area contributed by atoms with E-state index in [1.807, 2.05) is 0 Å². The summed E-state index contributed by atoms with van der Waals surface area (Å²) >= 11 is 0. The van der Waals surface area contributed by atoms with E-state index in [1.54, 1.807) is 4.90 Å². The predicted molar refractivity (Wildman–Crippen MR) is 63.5 cm³/mol. The lowest BCUT2D eigenvalue weighted by molar-refractivity contribution is -0.150. The van der Waals surface area contributed by atoms with Crippen LogP contribution in [0.15, 0.2) is 0 Å². The van der Waals surface area contributed by atoms with Crippen molar-refractivity contribution in [2.24, 2.45) is 11.8 Å². The van der Waals surface area contributed by atoms with Crippen LogP contribution in [0.5, 0.6) is 0 Å². The average molecular weight is 239 g/mol. The quantitative estimate of drug-likeness (QED) is 0.745. The fourth-order valence-electron chi connectivity index (χ4n) is 2.93. The van der Waals surface area contributed by atoms with E-state index in [4.69, 9.17) is 0 Å². The van der Waals surface area contributed by atoms with E-state index >= 15 is 0 Å². The van der Waals surface area contributed by atoms with Crippen LogP contribution in [0.2, 0.25) is 0 Å². The molecule has 0 aromatic rings. The molecule has 0 spiro atoms. The fraction of sp³-hybridized carbons (Fsp3) is 0.846. The number of carboxylic acid groups (broad SMARTS) is 1. The number of carbonyl (C=O) groups excluding carboxylic acids is 1. The highest BCUT2D eigenvalue weighted by Crippen LogP contribution is 2.36. The van der Waals surface area contributed by atoms with Gasteiger partial charge in [0.2, 0.25) is 6.41 Å². The van der Waals surface area contributed by atoms with Gasteiger partial charge in [-0.2, -0.15) is 0 Å². The Kier molecular flexibility index (Phi) is 3.69. The van der Waals surface area contributed by atoms with Gasteiger partial charge in [0, 0.05) is 6.04 Å². The van der Waals surface area contributed by atoms with Crippen molar-refractivity contribution in [1.29, 1.82) is 0 Å². The minimum absolute atomic E-state index is 0.148. The highest BCUT2D eigenvalue weighted by Gasteiger charge is 2.41. The van der Waals surface area contributed by atoms with Crippen molar-refractivity contribution >= 4 is 12.4 Å². The number of carbonyl (C=O) groups is 2. The van der Waals surface area contributed by atoms with Crippen LogP contribution in [-0.2, 0) is 9.59 Å². The van der Waals surface area contributed by atoms with Crippen molar-refractivity contribution in [3.8, 4) is 0 Å². The molecule has 0 bridgehead atoms. The van der Waals surface area contributed by atoms with E-state index < -0.39 is 12.0 Å². The van der Waals surface area contributed by atoms with Gasteiger partial charge in [0.05, 0.1) is 0 Å². The predicted octanol–water partition coefficient (Wildman–Crippen LogP) is 1.89. The molecule has 4 nitrogen and oxygen atoms in total. The monoisotopic (exact) mass is 239 g/mol. The molecule has 2 aliphatic carbocycles. The SMILES string of the molecule is CC1CCC(C(C(=O)O)N(C=O)C2CC2)CC1. The first kappa shape index (κ1) is 12.4. The summed E-state index contributed by atoms with van der Waals surface area (Å²) in [6.45, 7) is 2.21. The van der Waals surface area contributed by atoms with Gasteiger partial charge in [-0.15, -0.1) is 0 Å². The summed E-state index contributed by atoms with van der Waals surface area (Å²) in [5.74, 6) is 0.0179. The lowest BCUT2D eigenvalue weighted by Gasteiger charge is -2.35. The largest absolute Gasteiger partial charge is 0.480 e. The Balaban J connectivity index is 2.05. The second-order valence-corrected chi connectivity index (χ2v) is 5.59. The number of aliphatic carboxylic acids is 1. The summed E-state index contributed by atoms with van der Waals surface area (Å²) in [6, 6.07) is -0.402. The number of hydrogen-bond acceptors (Lipinski definition) is 2. The molecular formula is C13H21NO3. The van der Waals surface area contributed by atoms with Gasteiger partial charge in [-0.3, -0.25) is 4.79 Å². The topological polar surface area (TPSA) is 57.6 Å². The summed E-state index contributed by atoms with van der Waals surface area (Å²) in [5.41, 5.74) is 0. The van der Waals surface area contributed by atoms with Crippen LogP contribution < -0.4 is 0 Å². The zero-order chi connectivity index (χ0) is 12.4. The molecule has 0 heterocycles. The lowest BCUT2D eigenvalue weighted by atomic mass is 9.79. The molecule has 0 radical (unpaired) electrons. The van der Waals surface area contributed by atoms with Gasteiger partial charge >= 0.3 is 5.97 Å². The Morgan fingerprint density at radius 1 is 1.24 bits per heavy atom. The molecule has 0 aromatic carbocycles. The Bertz CT molecular complexity index is 293. The van der Waals surface area contributed by atoms with E-state index in [2.05, 4.69) is 6.92 Å². The molecule has 4 heteroatoms. The maximum atomic E-state index is 11.4. The van der Waals surface area contributed by atoms with Crippen LogP contribution >= 0.6 is 0 Å². The number of amides is 1. The second-order valence-electron chi connectivity index (χ2n) is 5.59. The molecule has 1 amide bonds. The number of nitrogens with zero attached hydrogens (tertiary/aromatic N) is 1. The van der Waals surface area contributed by atoms with Gasteiger partial charge in [0.1, 0.15) is 6.04 Å². The summed E-state index contributed by atoms with van der Waals surface area (Å²) in [4.78, 5) is 24.1. The van der Waals surface area contributed by atoms with Crippen LogP contribution in [0.25, 0.3) is 0 Å².